The second-order valence-electron chi connectivity index (χ2n) is 19.9. The Morgan fingerprint density at radius 1 is 0.926 bits per heavy atom. The molecule has 4 fully saturated rings. The maximum absolute atomic E-state index is 15.7. The summed E-state index contributed by atoms with van der Waals surface area (Å²) in [4.78, 5) is 71.0. The fourth-order valence-electron chi connectivity index (χ4n) is 11.2. The van der Waals surface area contributed by atoms with Gasteiger partial charge in [0, 0.05) is 31.6 Å². The van der Waals surface area contributed by atoms with Crippen molar-refractivity contribution in [2.24, 2.45) is 22.7 Å². The Hall–Kier alpha value is -4.63. The summed E-state index contributed by atoms with van der Waals surface area (Å²) < 4.78 is 36.8. The number of carbonyl (C=O) groups excluding carboxylic acids is 5. The van der Waals surface area contributed by atoms with Gasteiger partial charge in [-0.05, 0) is 55.0 Å². The summed E-state index contributed by atoms with van der Waals surface area (Å²) in [5, 5.41) is 73.0. The second-order valence-corrected chi connectivity index (χ2v) is 19.9. The topological polar surface area (TPSA) is 274 Å². The third-order valence-corrected chi connectivity index (χ3v) is 15.5. The van der Waals surface area contributed by atoms with Gasteiger partial charge in [-0.3, -0.25) is 14.4 Å². The molecule has 0 spiro atoms. The van der Waals surface area contributed by atoms with E-state index < -0.39 is 138 Å². The molecule has 7 N–H and O–H groups in total. The van der Waals surface area contributed by atoms with Crippen molar-refractivity contribution in [3.8, 4) is 0 Å². The largest absolute Gasteiger partial charge is 0.456 e. The average molecular weight is 952 g/mol. The standard InChI is InChI=1S/C50H65NO17/c1-8-25(2)19-20-34(54)51-36(28-15-11-9-12-16-28)39(57)45(61)65-31-22-50(62)43(67-44(60)29-17-13-10-14-18-29)41-48(7,42(59)38(56)35(26(31)3)47(50,5)6)32(21-33-49(41,24-64-33)68-27(4)52)66-46-40(58)37(55)30(53)23-63-46/h9-18,25,30-33,36-41,43,46,53,55-58,62H,8,19-24H2,1-7H3,(H,51,54)/t25?,30-,31+,32+,33-,36+,37+,38-,39-,40-,41+,43+,46+,48-,49+,50-/m1/s1. The minimum absolute atomic E-state index is 0.0360. The highest BCUT2D eigenvalue weighted by Gasteiger charge is 2.78. The van der Waals surface area contributed by atoms with Crippen LogP contribution in [0.1, 0.15) is 103 Å². The summed E-state index contributed by atoms with van der Waals surface area (Å²) in [7, 11) is 0. The lowest BCUT2D eigenvalue weighted by Gasteiger charge is -2.68. The molecule has 2 heterocycles. The number of hydrogen-bond donors (Lipinski definition) is 7. The minimum atomic E-state index is -2.45. The number of esters is 3. The maximum atomic E-state index is 15.7. The predicted molar refractivity (Wildman–Crippen MR) is 238 cm³/mol. The molecule has 0 aromatic heterocycles. The molecule has 1 amide bonds. The summed E-state index contributed by atoms with van der Waals surface area (Å²) in [5.41, 5.74) is -7.71. The number of hydrogen-bond acceptors (Lipinski definition) is 17. The molecule has 2 saturated heterocycles. The third kappa shape index (κ3) is 8.92. The van der Waals surface area contributed by atoms with Crippen LogP contribution in [0, 0.1) is 22.7 Å². The van der Waals surface area contributed by atoms with Gasteiger partial charge in [-0.25, -0.2) is 9.59 Å². The summed E-state index contributed by atoms with van der Waals surface area (Å²) in [5.74, 6) is -5.78. The van der Waals surface area contributed by atoms with E-state index in [1.54, 1.807) is 48.5 Å². The summed E-state index contributed by atoms with van der Waals surface area (Å²) in [6.45, 7) is 10.3. The Morgan fingerprint density at radius 2 is 1.57 bits per heavy atom. The molecular weight excluding hydrogens is 887 g/mol. The van der Waals surface area contributed by atoms with Gasteiger partial charge in [-0.2, -0.15) is 0 Å². The Labute approximate surface area is 394 Å². The van der Waals surface area contributed by atoms with E-state index in [9.17, 15) is 49.8 Å². The predicted octanol–water partition coefficient (Wildman–Crippen LogP) is 2.14. The normalized spacial score (nSPS) is 36.5. The molecule has 18 heteroatoms. The Morgan fingerprint density at radius 3 is 2.18 bits per heavy atom. The minimum Gasteiger partial charge on any atom is -0.456 e. The van der Waals surface area contributed by atoms with Gasteiger partial charge in [0.2, 0.25) is 5.91 Å². The number of Topliss-reactive ketones (excluding diaryl/α,β-unsaturated/α-hetero) is 1. The zero-order valence-corrected chi connectivity index (χ0v) is 39.4. The molecule has 372 valence electrons. The van der Waals surface area contributed by atoms with E-state index in [-0.39, 0.29) is 42.1 Å². The molecule has 2 aliphatic heterocycles. The summed E-state index contributed by atoms with van der Waals surface area (Å²) in [6, 6.07) is 14.8. The van der Waals surface area contributed by atoms with Crippen LogP contribution in [-0.2, 0) is 47.6 Å². The van der Waals surface area contributed by atoms with E-state index in [2.05, 4.69) is 5.32 Å². The van der Waals surface area contributed by atoms with Crippen molar-refractivity contribution in [1.29, 1.82) is 0 Å². The van der Waals surface area contributed by atoms with Crippen LogP contribution >= 0.6 is 0 Å². The Kier molecular flexibility index (Phi) is 14.8. The van der Waals surface area contributed by atoms with Crippen molar-refractivity contribution in [1.82, 2.24) is 5.32 Å². The van der Waals surface area contributed by atoms with E-state index >= 15 is 4.79 Å². The molecule has 68 heavy (non-hydrogen) atoms. The molecular formula is C50H65NO17. The number of rotatable bonds is 14. The number of nitrogens with one attached hydrogen (secondary N) is 1. The van der Waals surface area contributed by atoms with Gasteiger partial charge in [0.1, 0.15) is 48.3 Å². The maximum Gasteiger partial charge on any atom is 0.338 e. The highest BCUT2D eigenvalue weighted by Crippen LogP contribution is 2.65. The smallest absolute Gasteiger partial charge is 0.338 e. The number of aliphatic hydroxyl groups excluding tert-OH is 5. The van der Waals surface area contributed by atoms with Crippen LogP contribution < -0.4 is 5.32 Å². The van der Waals surface area contributed by atoms with Crippen molar-refractivity contribution in [2.45, 2.75) is 159 Å². The SMILES string of the molecule is CCC(C)CCC(=O)N[C@@H](c1ccccc1)[C@@H](O)C(=O)O[C@H]1C[C@@]2(O)[C@@H](OC(=O)c3ccccc3)[C@@H]3[C@]4(OC(C)=O)CO[C@@H]4C[C@H](O[C@@H]4OC[C@@H](O)[C@H](O)[C@H]4O)[C@@]3(C)C(=O)[C@H](O)C(=C1C)C2(C)C. The molecule has 2 bridgehead atoms. The van der Waals surface area contributed by atoms with Crippen molar-refractivity contribution >= 4 is 29.6 Å². The molecule has 1 unspecified atom stereocenters. The zero-order valence-electron chi connectivity index (χ0n) is 39.4. The first-order valence-corrected chi connectivity index (χ1v) is 23.3. The number of ether oxygens (including phenoxy) is 6. The van der Waals surface area contributed by atoms with Crippen LogP contribution in [0.2, 0.25) is 0 Å². The fourth-order valence-corrected chi connectivity index (χ4v) is 11.2. The number of ketones is 1. The highest BCUT2D eigenvalue weighted by molar-refractivity contribution is 5.94. The van der Waals surface area contributed by atoms with E-state index in [0.717, 1.165) is 13.3 Å². The van der Waals surface area contributed by atoms with E-state index in [0.29, 0.717) is 12.0 Å². The molecule has 3 aliphatic carbocycles. The lowest BCUT2D eigenvalue weighted by Crippen LogP contribution is -2.82. The molecule has 18 nitrogen and oxygen atoms in total. The van der Waals surface area contributed by atoms with Gasteiger partial charge in [0.05, 0.1) is 42.3 Å². The molecule has 2 aromatic carbocycles. The second kappa shape index (κ2) is 19.6. The Balaban J connectivity index is 1.36. The van der Waals surface area contributed by atoms with Gasteiger partial charge in [0.25, 0.3) is 0 Å². The number of aliphatic hydroxyl groups is 6. The van der Waals surface area contributed by atoms with Gasteiger partial charge in [-0.1, -0.05) is 82.6 Å². The van der Waals surface area contributed by atoms with Crippen LogP contribution in [-0.4, -0.2) is 146 Å². The first-order valence-electron chi connectivity index (χ1n) is 23.3. The number of fused-ring (bicyclic) bond motifs is 5. The van der Waals surface area contributed by atoms with Crippen LogP contribution in [0.4, 0.5) is 0 Å². The van der Waals surface area contributed by atoms with E-state index in [4.69, 9.17) is 28.4 Å². The van der Waals surface area contributed by atoms with Crippen LogP contribution in [0.5, 0.6) is 0 Å². The summed E-state index contributed by atoms with van der Waals surface area (Å²) >= 11 is 0. The fraction of sp³-hybridized carbons (Fsp3) is 0.620. The zero-order chi connectivity index (χ0) is 49.7. The molecule has 16 atom stereocenters. The first-order chi connectivity index (χ1) is 32.0. The first kappa shape index (κ1) is 51.2. The van der Waals surface area contributed by atoms with Crippen molar-refractivity contribution in [3.05, 3.63) is 82.9 Å². The monoisotopic (exact) mass is 951 g/mol. The molecule has 2 aromatic rings. The quantitative estimate of drug-likeness (QED) is 0.0812. The van der Waals surface area contributed by atoms with Crippen LogP contribution in [0.25, 0.3) is 0 Å². The number of carbonyl (C=O) groups is 5. The summed E-state index contributed by atoms with van der Waals surface area (Å²) in [6.07, 6.45) is -16.1. The van der Waals surface area contributed by atoms with Crippen LogP contribution in [0.3, 0.4) is 0 Å². The van der Waals surface area contributed by atoms with Gasteiger partial charge < -0.3 is 64.4 Å². The van der Waals surface area contributed by atoms with Gasteiger partial charge in [0.15, 0.2) is 23.8 Å². The van der Waals surface area contributed by atoms with Crippen molar-refractivity contribution in [3.63, 3.8) is 0 Å². The van der Waals surface area contributed by atoms with Crippen LogP contribution in [0.15, 0.2) is 71.8 Å². The molecule has 2 saturated carbocycles. The Bertz CT molecular complexity index is 2240. The van der Waals surface area contributed by atoms with Gasteiger partial charge >= 0.3 is 17.9 Å². The lowest BCUT2D eigenvalue weighted by atomic mass is 9.44. The van der Waals surface area contributed by atoms with E-state index in [1.165, 1.54) is 39.8 Å². The van der Waals surface area contributed by atoms with Crippen molar-refractivity contribution in [2.75, 3.05) is 13.2 Å². The number of amides is 1. The number of benzene rings is 2. The molecule has 5 aliphatic rings. The molecule has 0 radical (unpaired) electrons. The third-order valence-electron chi connectivity index (χ3n) is 15.5. The average Bonchev–Trinajstić information content (AvgIpc) is 3.30. The van der Waals surface area contributed by atoms with E-state index in [1.807, 2.05) is 13.8 Å². The van der Waals surface area contributed by atoms with Gasteiger partial charge in [-0.15, -0.1) is 0 Å². The lowest BCUT2D eigenvalue weighted by molar-refractivity contribution is -0.366. The highest BCUT2D eigenvalue weighted by atomic mass is 16.7. The molecule has 7 rings (SSSR count). The van der Waals surface area contributed by atoms with Crippen molar-refractivity contribution < 1.29 is 83.0 Å².